The third-order valence-corrected chi connectivity index (χ3v) is 11.3. The van der Waals surface area contributed by atoms with E-state index in [2.05, 4.69) is 0 Å². The molecular weight excluding hydrogens is 895 g/mol. The zero-order valence-corrected chi connectivity index (χ0v) is 38.6. The largest absolute Gasteiger partial charge is 0.514 e. The maximum atomic E-state index is 14.6. The van der Waals surface area contributed by atoms with Gasteiger partial charge in [0.15, 0.2) is 18.3 Å². The Kier molecular flexibility index (Phi) is 13.2. The lowest BCUT2D eigenvalue weighted by atomic mass is 9.85. The Morgan fingerprint density at radius 3 is 2.19 bits per heavy atom. The van der Waals surface area contributed by atoms with Crippen molar-refractivity contribution in [2.45, 2.75) is 123 Å². The summed E-state index contributed by atoms with van der Waals surface area (Å²) in [5.41, 5.74) is 5.24. The molecule has 68 heavy (non-hydrogen) atoms. The van der Waals surface area contributed by atoms with Crippen LogP contribution in [-0.4, -0.2) is 94.9 Å². The molecule has 0 bridgehead atoms. The average molecular weight is 944 g/mol. The van der Waals surface area contributed by atoms with Crippen LogP contribution in [-0.2, 0) is 87.0 Å². The molecule has 2 N–H and O–H groups in total. The molecule has 1 saturated heterocycles. The second-order valence-corrected chi connectivity index (χ2v) is 17.0. The van der Waals surface area contributed by atoms with Crippen LogP contribution in [0.5, 0.6) is 11.5 Å². The molecule has 0 spiro atoms. The number of nitrogens with two attached hydrogens (primary N) is 1. The van der Waals surface area contributed by atoms with Gasteiger partial charge in [0.1, 0.15) is 29.3 Å². The highest BCUT2D eigenvalue weighted by Crippen LogP contribution is 2.44. The maximum Gasteiger partial charge on any atom is 0.514 e. The topological polar surface area (TPSA) is 273 Å². The molecule has 4 aromatic rings. The maximum absolute atomic E-state index is 14.6. The number of aromatic nitrogens is 2. The number of cyclic esters (lactones) is 1. The lowest BCUT2D eigenvalue weighted by Gasteiger charge is -2.43. The third-order valence-electron chi connectivity index (χ3n) is 11.3. The second-order valence-electron chi connectivity index (χ2n) is 17.0. The van der Waals surface area contributed by atoms with E-state index >= 15 is 0 Å². The minimum absolute atomic E-state index is 0.0309. The van der Waals surface area contributed by atoms with E-state index in [-0.39, 0.29) is 41.1 Å². The first kappa shape index (κ1) is 48.4. The van der Waals surface area contributed by atoms with Crippen LogP contribution >= 0.6 is 0 Å². The summed E-state index contributed by atoms with van der Waals surface area (Å²) in [5, 5.41) is 0.680. The molecule has 21 heteroatoms. The van der Waals surface area contributed by atoms with Crippen LogP contribution in [0, 0.1) is 0 Å². The fraction of sp³-hybridized carbons (Fsp3) is 0.426. The number of aryl methyl sites for hydroxylation is 1. The van der Waals surface area contributed by atoms with Crippen molar-refractivity contribution in [2.75, 3.05) is 12.8 Å². The molecule has 7 rings (SSSR count). The summed E-state index contributed by atoms with van der Waals surface area (Å²) in [6.45, 7) is 11.4. The number of anilines is 1. The second kappa shape index (κ2) is 18.6. The Morgan fingerprint density at radius 2 is 1.56 bits per heavy atom. The van der Waals surface area contributed by atoms with Crippen molar-refractivity contribution in [3.05, 3.63) is 80.6 Å². The number of esters is 6. The van der Waals surface area contributed by atoms with Crippen LogP contribution in [0.4, 0.5) is 10.5 Å². The number of benzene rings is 2. The van der Waals surface area contributed by atoms with Crippen LogP contribution in [0.15, 0.2) is 47.3 Å². The smallest absolute Gasteiger partial charge is 0.467 e. The standard InChI is InChI=1S/C47H49N3O18/c1-10-26-28-17-25(64-45(58)68-46(6,7)8)13-15-32(28)49-35-29(26)19-50-33(35)18-31-30(40(50)54)20-60-44(57)47(31,11-2)67-41(55)27-14-12-24(48)16-34(27)65-43-39(63-23(5)53)37(62-22(4)52)36(61-21(3)51)38(66-43)42(56)59-9/h12-18,36-39,43H,10-11,19-20,48H2,1-9H3/t36-,37-,38-,39+,43+,47-/m0/s1. The van der Waals surface area contributed by atoms with Crippen LogP contribution < -0.4 is 20.8 Å². The van der Waals surface area contributed by atoms with Gasteiger partial charge in [0.25, 0.3) is 5.56 Å². The van der Waals surface area contributed by atoms with E-state index in [0.717, 1.165) is 33.4 Å². The van der Waals surface area contributed by atoms with E-state index in [1.165, 1.54) is 22.8 Å². The molecule has 2 aromatic heterocycles. The van der Waals surface area contributed by atoms with E-state index < -0.39 is 102 Å². The van der Waals surface area contributed by atoms with Crippen molar-refractivity contribution in [3.63, 3.8) is 0 Å². The highest BCUT2D eigenvalue weighted by molar-refractivity contribution is 5.97. The van der Waals surface area contributed by atoms with Gasteiger partial charge in [0.2, 0.25) is 18.0 Å². The predicted octanol–water partition coefficient (Wildman–Crippen LogP) is 4.47. The van der Waals surface area contributed by atoms with Gasteiger partial charge in [0.05, 0.1) is 36.1 Å². The highest BCUT2D eigenvalue weighted by atomic mass is 16.7. The molecule has 0 saturated carbocycles. The fourth-order valence-electron chi connectivity index (χ4n) is 8.45. The zero-order chi connectivity index (χ0) is 49.6. The molecule has 6 atom stereocenters. The van der Waals surface area contributed by atoms with Crippen molar-refractivity contribution in [1.82, 2.24) is 9.55 Å². The Labute approximate surface area is 387 Å². The van der Waals surface area contributed by atoms with Gasteiger partial charge in [-0.3, -0.25) is 19.2 Å². The van der Waals surface area contributed by atoms with Gasteiger partial charge in [-0.1, -0.05) is 13.8 Å². The molecule has 3 aliphatic heterocycles. The number of hydrogen-bond acceptors (Lipinski definition) is 20. The van der Waals surface area contributed by atoms with Crippen LogP contribution in [0.25, 0.3) is 22.3 Å². The highest BCUT2D eigenvalue weighted by Gasteiger charge is 2.56. The van der Waals surface area contributed by atoms with Crippen LogP contribution in [0.1, 0.15) is 94.4 Å². The number of fused-ring (bicyclic) bond motifs is 5. The Bertz CT molecular complexity index is 2830. The fourth-order valence-corrected chi connectivity index (χ4v) is 8.45. The molecule has 0 amide bonds. The lowest BCUT2D eigenvalue weighted by Crippen LogP contribution is -2.64. The molecule has 0 aliphatic carbocycles. The number of pyridine rings is 2. The monoisotopic (exact) mass is 943 g/mol. The average Bonchev–Trinajstić information content (AvgIpc) is 3.62. The lowest BCUT2D eigenvalue weighted by molar-refractivity contribution is -0.282. The first-order chi connectivity index (χ1) is 32.1. The van der Waals surface area contributed by atoms with Gasteiger partial charge in [-0.25, -0.2) is 24.2 Å². The van der Waals surface area contributed by atoms with Gasteiger partial charge in [-0.05, 0) is 75.6 Å². The van der Waals surface area contributed by atoms with Crippen molar-refractivity contribution in [3.8, 4) is 22.9 Å². The van der Waals surface area contributed by atoms with Gasteiger partial charge < -0.3 is 57.7 Å². The first-order valence-electron chi connectivity index (χ1n) is 21.4. The molecule has 2 aromatic carbocycles. The van der Waals surface area contributed by atoms with Gasteiger partial charge >= 0.3 is 42.0 Å². The number of carbonyl (C=O) groups excluding carboxylic acids is 7. The van der Waals surface area contributed by atoms with E-state index in [9.17, 15) is 38.4 Å². The molecule has 0 radical (unpaired) electrons. The van der Waals surface area contributed by atoms with E-state index in [1.807, 2.05) is 6.92 Å². The minimum atomic E-state index is -2.21. The zero-order valence-electron chi connectivity index (χ0n) is 38.6. The molecule has 21 nitrogen and oxygen atoms in total. The van der Waals surface area contributed by atoms with E-state index in [1.54, 1.807) is 52.0 Å². The van der Waals surface area contributed by atoms with Crippen molar-refractivity contribution in [1.29, 1.82) is 0 Å². The molecule has 0 unspecified atom stereocenters. The Morgan fingerprint density at radius 1 is 0.882 bits per heavy atom. The van der Waals surface area contributed by atoms with Crippen molar-refractivity contribution in [2.24, 2.45) is 0 Å². The number of carbonyl (C=O) groups is 7. The molecular formula is C47H49N3O18. The number of nitrogens with zero attached hydrogens (tertiary/aromatic N) is 2. The Balaban J connectivity index is 1.27. The predicted molar refractivity (Wildman–Crippen MR) is 233 cm³/mol. The molecule has 5 heterocycles. The van der Waals surface area contributed by atoms with Crippen molar-refractivity contribution < 1.29 is 80.9 Å². The summed E-state index contributed by atoms with van der Waals surface area (Å²) in [4.78, 5) is 111. The number of nitrogen functional groups attached to an aromatic ring is 1. The molecule has 360 valence electrons. The minimum Gasteiger partial charge on any atom is -0.467 e. The van der Waals surface area contributed by atoms with Gasteiger partial charge in [-0.2, -0.15) is 0 Å². The normalized spacial score (nSPS) is 21.5. The van der Waals surface area contributed by atoms with Crippen LogP contribution in [0.2, 0.25) is 0 Å². The molecule has 1 fully saturated rings. The summed E-state index contributed by atoms with van der Waals surface area (Å²) in [6, 6.07) is 10.2. The summed E-state index contributed by atoms with van der Waals surface area (Å²) in [6.07, 6.45) is -9.51. The van der Waals surface area contributed by atoms with E-state index in [4.69, 9.17) is 58.1 Å². The number of hydrogen-bond donors (Lipinski definition) is 1. The van der Waals surface area contributed by atoms with Gasteiger partial charge in [-0.15, -0.1) is 0 Å². The third kappa shape index (κ3) is 9.25. The summed E-state index contributed by atoms with van der Waals surface area (Å²) < 4.78 is 57.1. The molecule has 3 aliphatic rings. The number of methoxy groups -OCH3 is 1. The van der Waals surface area contributed by atoms with Gasteiger partial charge in [0, 0.05) is 49.0 Å². The SMILES string of the molecule is CCc1c2c(nc3ccc(OC(=O)OC(C)(C)C)cc13)-c1cc3c(c(=O)n1C2)COC(=O)[C@@]3(CC)OC(=O)c1ccc(N)cc1O[C@@H]1O[C@H](C(=O)OC)[C@@H](OC(C)=O)[C@H](OC(C)=O)[C@H]1OC(C)=O. The number of ether oxygens (including phenoxy) is 10. The Hall–Kier alpha value is -7.55. The summed E-state index contributed by atoms with van der Waals surface area (Å²) in [5.74, 6) is -6.23. The quantitative estimate of drug-likeness (QED) is 0.0827. The summed E-state index contributed by atoms with van der Waals surface area (Å²) in [7, 11) is 1.01. The van der Waals surface area contributed by atoms with E-state index in [0.29, 0.717) is 34.3 Å². The summed E-state index contributed by atoms with van der Waals surface area (Å²) >= 11 is 0. The first-order valence-corrected chi connectivity index (χ1v) is 21.4. The van der Waals surface area contributed by atoms with Crippen molar-refractivity contribution >= 4 is 58.6 Å². The number of rotatable bonds is 11. The van der Waals surface area contributed by atoms with Crippen LogP contribution in [0.3, 0.4) is 0 Å².